The fourth-order valence-electron chi connectivity index (χ4n) is 2.73. The highest BCUT2D eigenvalue weighted by atomic mass is 35.5. The van der Waals surface area contributed by atoms with E-state index < -0.39 is 16.9 Å². The molecule has 0 fully saturated rings. The van der Waals surface area contributed by atoms with Gasteiger partial charge in [0.1, 0.15) is 6.04 Å². The zero-order valence-corrected chi connectivity index (χ0v) is 16.8. The van der Waals surface area contributed by atoms with Crippen LogP contribution < -0.4 is 5.32 Å². The van der Waals surface area contributed by atoms with Crippen LogP contribution in [-0.4, -0.2) is 34.7 Å². The Morgan fingerprint density at radius 3 is 2.46 bits per heavy atom. The average Bonchev–Trinajstić information content (AvgIpc) is 2.67. The number of likely N-dealkylation sites (N-methyl/N-ethyl adjacent to an activating group) is 1. The third-order valence-electron chi connectivity index (χ3n) is 4.28. The highest BCUT2D eigenvalue weighted by Gasteiger charge is 2.27. The minimum atomic E-state index is -0.783. The summed E-state index contributed by atoms with van der Waals surface area (Å²) in [5.41, 5.74) is 0.819. The molecule has 9 heteroatoms. The quantitative estimate of drug-likeness (QED) is 0.543. The molecule has 0 aliphatic heterocycles. The van der Waals surface area contributed by atoms with Gasteiger partial charge in [-0.25, -0.2) is 0 Å². The molecule has 1 N–H and O–H groups in total. The van der Waals surface area contributed by atoms with Crippen LogP contribution in [0.2, 0.25) is 10.0 Å². The zero-order valence-electron chi connectivity index (χ0n) is 15.3. The van der Waals surface area contributed by atoms with Crippen molar-refractivity contribution in [3.63, 3.8) is 0 Å². The molecule has 1 atom stereocenters. The summed E-state index contributed by atoms with van der Waals surface area (Å²) in [6.07, 6.45) is -0.209. The van der Waals surface area contributed by atoms with E-state index in [0.29, 0.717) is 15.6 Å². The molecule has 7 nitrogen and oxygen atoms in total. The molecule has 148 valence electrons. The Morgan fingerprint density at radius 1 is 1.18 bits per heavy atom. The molecule has 2 rings (SSSR count). The van der Waals surface area contributed by atoms with Gasteiger partial charge in [-0.2, -0.15) is 0 Å². The number of amides is 2. The number of hydrogen-bond donors (Lipinski definition) is 1. The molecule has 0 saturated heterocycles. The molecular formula is C19H19Cl2N3O4. The number of para-hydroxylation sites is 1. The molecular weight excluding hydrogens is 405 g/mol. The van der Waals surface area contributed by atoms with Gasteiger partial charge in [0.25, 0.3) is 5.69 Å². The standard InChI is InChI=1S/C19H19Cl2N3O4/c1-12(19(26)22-2)23(11-13-7-8-15(20)16(21)9-13)18(25)10-14-5-3-4-6-17(14)24(27)28/h3-9,12H,10-11H2,1-2H3,(H,22,26). The molecule has 0 aliphatic rings. The normalized spacial score (nSPS) is 11.6. The second-order valence-corrected chi connectivity index (χ2v) is 6.94. The summed E-state index contributed by atoms with van der Waals surface area (Å²) in [5.74, 6) is -0.771. The van der Waals surface area contributed by atoms with Crippen molar-refractivity contribution in [1.82, 2.24) is 10.2 Å². The average molecular weight is 424 g/mol. The number of benzene rings is 2. The first-order chi connectivity index (χ1) is 13.2. The maximum Gasteiger partial charge on any atom is 0.273 e. The smallest absolute Gasteiger partial charge is 0.273 e. The lowest BCUT2D eigenvalue weighted by molar-refractivity contribution is -0.385. The van der Waals surface area contributed by atoms with Crippen molar-refractivity contribution in [3.8, 4) is 0 Å². The van der Waals surface area contributed by atoms with E-state index in [4.69, 9.17) is 23.2 Å². The lowest BCUT2D eigenvalue weighted by Crippen LogP contribution is -2.47. The first-order valence-electron chi connectivity index (χ1n) is 8.42. The molecule has 0 aliphatic carbocycles. The lowest BCUT2D eigenvalue weighted by Gasteiger charge is -2.28. The van der Waals surface area contributed by atoms with Crippen LogP contribution in [0.5, 0.6) is 0 Å². The summed E-state index contributed by atoms with van der Waals surface area (Å²) in [7, 11) is 1.47. The number of hydrogen-bond acceptors (Lipinski definition) is 4. The Balaban J connectivity index is 2.33. The summed E-state index contributed by atoms with van der Waals surface area (Å²) in [6, 6.07) is 10.2. The summed E-state index contributed by atoms with van der Waals surface area (Å²) in [4.78, 5) is 37.1. The SMILES string of the molecule is CNC(=O)C(C)N(Cc1ccc(Cl)c(Cl)c1)C(=O)Cc1ccccc1[N+](=O)[O-]. The van der Waals surface area contributed by atoms with E-state index in [1.165, 1.54) is 30.1 Å². The fourth-order valence-corrected chi connectivity index (χ4v) is 3.05. The van der Waals surface area contributed by atoms with Gasteiger partial charge in [-0.3, -0.25) is 19.7 Å². The van der Waals surface area contributed by atoms with Crippen LogP contribution >= 0.6 is 23.2 Å². The van der Waals surface area contributed by atoms with E-state index in [0.717, 1.165) is 0 Å². The van der Waals surface area contributed by atoms with Crippen molar-refractivity contribution in [2.75, 3.05) is 7.05 Å². The molecule has 2 aromatic rings. The monoisotopic (exact) mass is 423 g/mol. The number of carbonyl (C=O) groups is 2. The van der Waals surface area contributed by atoms with Crippen molar-refractivity contribution >= 4 is 40.7 Å². The summed E-state index contributed by atoms with van der Waals surface area (Å²) >= 11 is 12.0. The van der Waals surface area contributed by atoms with E-state index in [9.17, 15) is 19.7 Å². The van der Waals surface area contributed by atoms with Crippen LogP contribution in [0.15, 0.2) is 42.5 Å². The van der Waals surface area contributed by atoms with Crippen LogP contribution in [0.4, 0.5) is 5.69 Å². The molecule has 2 aromatic carbocycles. The van der Waals surface area contributed by atoms with Crippen molar-refractivity contribution in [2.24, 2.45) is 0 Å². The maximum atomic E-state index is 13.0. The minimum absolute atomic E-state index is 0.102. The highest BCUT2D eigenvalue weighted by Crippen LogP contribution is 2.24. The lowest BCUT2D eigenvalue weighted by atomic mass is 10.1. The van der Waals surface area contributed by atoms with Crippen LogP contribution in [-0.2, 0) is 22.6 Å². The third kappa shape index (κ3) is 5.21. The minimum Gasteiger partial charge on any atom is -0.357 e. The summed E-state index contributed by atoms with van der Waals surface area (Å²) in [6.45, 7) is 1.69. The predicted molar refractivity (Wildman–Crippen MR) is 107 cm³/mol. The fraction of sp³-hybridized carbons (Fsp3) is 0.263. The molecule has 0 spiro atoms. The van der Waals surface area contributed by atoms with Crippen LogP contribution in [0.1, 0.15) is 18.1 Å². The number of halogens is 2. The van der Waals surface area contributed by atoms with Gasteiger partial charge < -0.3 is 10.2 Å². The number of nitro groups is 1. The Bertz CT molecular complexity index is 904. The topological polar surface area (TPSA) is 92.6 Å². The first-order valence-corrected chi connectivity index (χ1v) is 9.17. The molecule has 0 radical (unpaired) electrons. The van der Waals surface area contributed by atoms with Crippen molar-refractivity contribution in [1.29, 1.82) is 0 Å². The second kappa shape index (κ2) is 9.52. The predicted octanol–water partition coefficient (Wildman–Crippen LogP) is 3.61. The first kappa shape index (κ1) is 21.7. The van der Waals surface area contributed by atoms with Crippen molar-refractivity contribution in [3.05, 3.63) is 73.8 Å². The number of nitrogens with zero attached hydrogens (tertiary/aromatic N) is 2. The van der Waals surface area contributed by atoms with Crippen LogP contribution in [0, 0.1) is 10.1 Å². The number of nitrogens with one attached hydrogen (secondary N) is 1. The third-order valence-corrected chi connectivity index (χ3v) is 5.02. The molecule has 0 bridgehead atoms. The highest BCUT2D eigenvalue weighted by molar-refractivity contribution is 6.42. The van der Waals surface area contributed by atoms with E-state index in [1.54, 1.807) is 31.2 Å². The van der Waals surface area contributed by atoms with E-state index >= 15 is 0 Å². The Morgan fingerprint density at radius 2 is 1.86 bits per heavy atom. The molecule has 0 saturated carbocycles. The summed E-state index contributed by atoms with van der Waals surface area (Å²) in [5, 5.41) is 14.4. The van der Waals surface area contributed by atoms with Gasteiger partial charge in [-0.1, -0.05) is 47.5 Å². The van der Waals surface area contributed by atoms with Gasteiger partial charge in [0.05, 0.1) is 21.4 Å². The number of rotatable bonds is 7. The van der Waals surface area contributed by atoms with Gasteiger partial charge in [-0.15, -0.1) is 0 Å². The number of carbonyl (C=O) groups excluding carboxylic acids is 2. The van der Waals surface area contributed by atoms with Gasteiger partial charge in [0.15, 0.2) is 0 Å². The Kier molecular flexibility index (Phi) is 7.37. The van der Waals surface area contributed by atoms with Gasteiger partial charge in [0.2, 0.25) is 11.8 Å². The van der Waals surface area contributed by atoms with E-state index in [2.05, 4.69) is 5.32 Å². The van der Waals surface area contributed by atoms with Gasteiger partial charge >= 0.3 is 0 Å². The molecule has 0 heterocycles. The second-order valence-electron chi connectivity index (χ2n) is 6.12. The Labute approximate surface area is 172 Å². The van der Waals surface area contributed by atoms with Gasteiger partial charge in [-0.05, 0) is 24.6 Å². The maximum absolute atomic E-state index is 13.0. The number of nitro benzene ring substituents is 1. The largest absolute Gasteiger partial charge is 0.357 e. The molecule has 28 heavy (non-hydrogen) atoms. The summed E-state index contributed by atoms with van der Waals surface area (Å²) < 4.78 is 0. The zero-order chi connectivity index (χ0) is 20.8. The Hall–Kier alpha value is -2.64. The van der Waals surface area contributed by atoms with Crippen molar-refractivity contribution < 1.29 is 14.5 Å². The van der Waals surface area contributed by atoms with E-state index in [1.807, 2.05) is 0 Å². The van der Waals surface area contributed by atoms with Crippen molar-refractivity contribution in [2.45, 2.75) is 25.9 Å². The van der Waals surface area contributed by atoms with Gasteiger partial charge in [0, 0.05) is 25.2 Å². The molecule has 2 amide bonds. The van der Waals surface area contributed by atoms with Crippen LogP contribution in [0.3, 0.4) is 0 Å². The molecule has 1 unspecified atom stereocenters. The molecule has 0 aromatic heterocycles. The van der Waals surface area contributed by atoms with E-state index in [-0.39, 0.29) is 30.1 Å². The van der Waals surface area contributed by atoms with Crippen LogP contribution in [0.25, 0.3) is 0 Å².